The van der Waals surface area contributed by atoms with E-state index in [9.17, 15) is 9.59 Å². The number of amides is 2. The Balaban J connectivity index is 2.03. The minimum Gasteiger partial charge on any atom is -0.493 e. The Hall–Kier alpha value is -3.94. The van der Waals surface area contributed by atoms with Crippen molar-refractivity contribution in [2.45, 2.75) is 26.8 Å². The molecule has 0 radical (unpaired) electrons. The summed E-state index contributed by atoms with van der Waals surface area (Å²) in [6, 6.07) is 11.0. The molecule has 0 fully saturated rings. The number of fused-ring (bicyclic) bond motifs is 1. The normalized spacial score (nSPS) is 11.3. The van der Waals surface area contributed by atoms with E-state index >= 15 is 0 Å². The average molecular weight is 466 g/mol. The number of para-hydroxylation sites is 1. The molecule has 1 heterocycles. The molecule has 2 amide bonds. The molecule has 34 heavy (non-hydrogen) atoms. The van der Waals surface area contributed by atoms with Crippen molar-refractivity contribution in [3.63, 3.8) is 0 Å². The first kappa shape index (κ1) is 24.7. The number of carbonyl (C=O) groups excluding carboxylic acids is 2. The molecule has 2 aromatic carbocycles. The van der Waals surface area contributed by atoms with Crippen molar-refractivity contribution in [2.75, 3.05) is 27.9 Å². The van der Waals surface area contributed by atoms with E-state index in [4.69, 9.17) is 14.2 Å². The van der Waals surface area contributed by atoms with Gasteiger partial charge in [0.15, 0.2) is 11.5 Å². The van der Waals surface area contributed by atoms with Crippen molar-refractivity contribution < 1.29 is 23.8 Å². The van der Waals surface area contributed by atoms with Gasteiger partial charge in [0.05, 0.1) is 21.3 Å². The Morgan fingerprint density at radius 1 is 1.00 bits per heavy atom. The molecule has 3 aromatic rings. The van der Waals surface area contributed by atoms with Crippen molar-refractivity contribution in [2.24, 2.45) is 0 Å². The summed E-state index contributed by atoms with van der Waals surface area (Å²) in [5, 5.41) is 6.61. The third-order valence-corrected chi connectivity index (χ3v) is 5.42. The van der Waals surface area contributed by atoms with E-state index in [0.717, 1.165) is 29.4 Å². The van der Waals surface area contributed by atoms with Gasteiger partial charge < -0.3 is 29.4 Å². The maximum atomic E-state index is 13.2. The van der Waals surface area contributed by atoms with Crippen LogP contribution in [-0.2, 0) is 11.3 Å². The van der Waals surface area contributed by atoms with Gasteiger partial charge in [-0.3, -0.25) is 9.59 Å². The fourth-order valence-electron chi connectivity index (χ4n) is 3.71. The van der Waals surface area contributed by atoms with Crippen LogP contribution in [0.4, 0.5) is 0 Å². The minimum absolute atomic E-state index is 0.145. The summed E-state index contributed by atoms with van der Waals surface area (Å²) in [5.41, 5.74) is 2.30. The molecule has 0 saturated heterocycles. The van der Waals surface area contributed by atoms with Crippen LogP contribution in [0.25, 0.3) is 17.0 Å². The zero-order valence-corrected chi connectivity index (χ0v) is 20.2. The molecule has 8 heteroatoms. The quantitative estimate of drug-likeness (QED) is 0.442. The molecule has 0 saturated carbocycles. The van der Waals surface area contributed by atoms with Crippen LogP contribution in [0.1, 0.15) is 36.2 Å². The third-order valence-electron chi connectivity index (χ3n) is 5.42. The number of benzene rings is 2. The predicted molar refractivity (Wildman–Crippen MR) is 132 cm³/mol. The predicted octanol–water partition coefficient (Wildman–Crippen LogP) is 3.98. The van der Waals surface area contributed by atoms with Gasteiger partial charge in [-0.2, -0.15) is 0 Å². The van der Waals surface area contributed by atoms with Crippen LogP contribution in [-0.4, -0.2) is 44.3 Å². The van der Waals surface area contributed by atoms with Crippen molar-refractivity contribution >= 4 is 28.8 Å². The minimum atomic E-state index is -0.476. The smallest absolute Gasteiger partial charge is 0.267 e. The molecule has 0 aliphatic carbocycles. The topological polar surface area (TPSA) is 90.8 Å². The highest BCUT2D eigenvalue weighted by Crippen LogP contribution is 2.38. The number of aryl methyl sites for hydroxylation is 1. The molecule has 8 nitrogen and oxygen atoms in total. The average Bonchev–Trinajstić information content (AvgIpc) is 3.23. The highest BCUT2D eigenvalue weighted by atomic mass is 16.5. The molecule has 0 atom stereocenters. The number of nitrogens with one attached hydrogen (secondary N) is 2. The Morgan fingerprint density at radius 3 is 2.26 bits per heavy atom. The third kappa shape index (κ3) is 5.17. The fraction of sp³-hybridized carbons (Fsp3) is 0.308. The van der Waals surface area contributed by atoms with Crippen LogP contribution in [0.3, 0.4) is 0 Å². The first-order valence-electron chi connectivity index (χ1n) is 11.2. The lowest BCUT2D eigenvalue weighted by Gasteiger charge is -2.15. The molecular weight excluding hydrogens is 434 g/mol. The van der Waals surface area contributed by atoms with Crippen molar-refractivity contribution in [3.8, 4) is 17.2 Å². The molecule has 2 N–H and O–H groups in total. The summed E-state index contributed by atoms with van der Waals surface area (Å²) >= 11 is 0. The summed E-state index contributed by atoms with van der Waals surface area (Å²) in [5.74, 6) is 0.232. The number of carbonyl (C=O) groups is 2. The lowest BCUT2D eigenvalue weighted by molar-refractivity contribution is -0.117. The summed E-state index contributed by atoms with van der Waals surface area (Å²) in [4.78, 5) is 26.2. The lowest BCUT2D eigenvalue weighted by Crippen LogP contribution is -2.35. The Morgan fingerprint density at radius 2 is 1.68 bits per heavy atom. The standard InChI is InChI=1S/C26H31N3O5/c1-6-12-27-26(31)20(13-18-16-29(7-2)21-11-9-8-10-19(18)21)28-25(30)17-14-22(32-3)24(34-5)23(15-17)33-4/h8-11,13-16H,6-7,12H2,1-5H3,(H,27,31)(H,28,30). The Kier molecular flexibility index (Phi) is 8.19. The second-order valence-corrected chi connectivity index (χ2v) is 7.57. The molecule has 1 aromatic heterocycles. The van der Waals surface area contributed by atoms with Crippen LogP contribution in [0.5, 0.6) is 17.2 Å². The molecule has 0 aliphatic heterocycles. The van der Waals surface area contributed by atoms with Crippen LogP contribution in [0.15, 0.2) is 48.3 Å². The van der Waals surface area contributed by atoms with E-state index in [1.54, 1.807) is 18.2 Å². The second-order valence-electron chi connectivity index (χ2n) is 7.57. The fourth-order valence-corrected chi connectivity index (χ4v) is 3.71. The molecule has 0 spiro atoms. The highest BCUT2D eigenvalue weighted by molar-refractivity contribution is 6.07. The summed E-state index contributed by atoms with van der Waals surface area (Å²) in [6.45, 7) is 5.30. The number of aromatic nitrogens is 1. The van der Waals surface area contributed by atoms with E-state index < -0.39 is 5.91 Å². The molecule has 180 valence electrons. The molecular formula is C26H31N3O5. The molecule has 0 unspecified atom stereocenters. The van der Waals surface area contributed by atoms with E-state index in [1.165, 1.54) is 21.3 Å². The van der Waals surface area contributed by atoms with Gasteiger partial charge in [0, 0.05) is 41.3 Å². The molecule has 3 rings (SSSR count). The zero-order chi connectivity index (χ0) is 24.7. The van der Waals surface area contributed by atoms with Gasteiger partial charge in [0.1, 0.15) is 5.70 Å². The Bertz CT molecular complexity index is 1190. The van der Waals surface area contributed by atoms with Gasteiger partial charge in [0.25, 0.3) is 11.8 Å². The number of hydrogen-bond acceptors (Lipinski definition) is 5. The first-order valence-corrected chi connectivity index (χ1v) is 11.2. The van der Waals surface area contributed by atoms with Crippen LogP contribution < -0.4 is 24.8 Å². The monoisotopic (exact) mass is 465 g/mol. The Labute approximate surface area is 199 Å². The van der Waals surface area contributed by atoms with Gasteiger partial charge in [0.2, 0.25) is 5.75 Å². The summed E-state index contributed by atoms with van der Waals surface area (Å²) in [7, 11) is 4.45. The van der Waals surface area contributed by atoms with E-state index in [-0.39, 0.29) is 17.2 Å². The maximum absolute atomic E-state index is 13.2. The van der Waals surface area contributed by atoms with Crippen molar-refractivity contribution in [1.29, 1.82) is 0 Å². The van der Waals surface area contributed by atoms with Crippen LogP contribution in [0.2, 0.25) is 0 Å². The summed E-state index contributed by atoms with van der Waals surface area (Å²) in [6.07, 6.45) is 4.45. The number of ether oxygens (including phenoxy) is 3. The highest BCUT2D eigenvalue weighted by Gasteiger charge is 2.20. The lowest BCUT2D eigenvalue weighted by atomic mass is 10.1. The first-order chi connectivity index (χ1) is 16.5. The molecule has 0 bridgehead atoms. The van der Waals surface area contributed by atoms with Crippen molar-refractivity contribution in [1.82, 2.24) is 15.2 Å². The second kappa shape index (κ2) is 11.3. The maximum Gasteiger partial charge on any atom is 0.267 e. The zero-order valence-electron chi connectivity index (χ0n) is 20.2. The van der Waals surface area contributed by atoms with E-state index in [2.05, 4.69) is 22.1 Å². The number of methoxy groups -OCH3 is 3. The molecule has 0 aliphatic rings. The van der Waals surface area contributed by atoms with Gasteiger partial charge in [-0.1, -0.05) is 25.1 Å². The summed E-state index contributed by atoms with van der Waals surface area (Å²) < 4.78 is 18.1. The number of nitrogens with zero attached hydrogens (tertiary/aromatic N) is 1. The van der Waals surface area contributed by atoms with Gasteiger partial charge in [-0.05, 0) is 37.6 Å². The van der Waals surface area contributed by atoms with Gasteiger partial charge >= 0.3 is 0 Å². The van der Waals surface area contributed by atoms with Gasteiger partial charge in [-0.15, -0.1) is 0 Å². The van der Waals surface area contributed by atoms with Crippen LogP contribution in [0, 0.1) is 0 Å². The van der Waals surface area contributed by atoms with Crippen molar-refractivity contribution in [3.05, 3.63) is 59.4 Å². The van der Waals surface area contributed by atoms with Gasteiger partial charge in [-0.25, -0.2) is 0 Å². The van der Waals surface area contributed by atoms with Crippen LogP contribution >= 0.6 is 0 Å². The SMILES string of the molecule is CCCNC(=O)C(=Cc1cn(CC)c2ccccc12)NC(=O)c1cc(OC)c(OC)c(OC)c1. The van der Waals surface area contributed by atoms with E-state index in [1.807, 2.05) is 37.4 Å². The van der Waals surface area contributed by atoms with E-state index in [0.29, 0.717) is 23.8 Å². The number of hydrogen-bond donors (Lipinski definition) is 2. The number of rotatable bonds is 10. The largest absolute Gasteiger partial charge is 0.493 e.